The first-order valence-electron chi connectivity index (χ1n) is 17.2. The number of piperazine rings is 1. The SMILES string of the molecule is C.Cc1cc(C[C@@H](OC(=O)N2CCC(N3CCc4ccccc4NC3=O)CC2)C(=O)N2CCN(C3CCNCC3)CC2)cc(C)c1C. The summed E-state index contributed by atoms with van der Waals surface area (Å²) in [6, 6.07) is 12.7. The number of carbonyl (C=O) groups excluding carboxylic acids is 3. The van der Waals surface area contributed by atoms with Crippen LogP contribution < -0.4 is 10.6 Å². The number of piperidine rings is 2. The molecular weight excluding hydrogens is 592 g/mol. The number of ether oxygens (including phenoxy) is 1. The Hall–Kier alpha value is -3.63. The van der Waals surface area contributed by atoms with Gasteiger partial charge in [0.05, 0.1) is 0 Å². The Morgan fingerprint density at radius 1 is 0.851 bits per heavy atom. The number of fused-ring (bicyclic) bond motifs is 1. The maximum absolute atomic E-state index is 14.0. The Labute approximate surface area is 280 Å². The van der Waals surface area contributed by atoms with Crippen LogP contribution in [0.2, 0.25) is 0 Å². The van der Waals surface area contributed by atoms with Crippen LogP contribution in [0.3, 0.4) is 0 Å². The smallest absolute Gasteiger partial charge is 0.410 e. The van der Waals surface area contributed by atoms with Crippen molar-refractivity contribution < 1.29 is 19.1 Å². The summed E-state index contributed by atoms with van der Waals surface area (Å²) in [5.41, 5.74) is 6.60. The van der Waals surface area contributed by atoms with Gasteiger partial charge in [-0.1, -0.05) is 37.8 Å². The molecule has 2 aromatic carbocycles. The highest BCUT2D eigenvalue weighted by Crippen LogP contribution is 2.26. The zero-order valence-electron chi connectivity index (χ0n) is 27.7. The van der Waals surface area contributed by atoms with E-state index in [2.05, 4.69) is 54.5 Å². The lowest BCUT2D eigenvalue weighted by Gasteiger charge is -2.41. The quantitative estimate of drug-likeness (QED) is 0.471. The number of amides is 4. The minimum absolute atomic E-state index is 0. The van der Waals surface area contributed by atoms with Gasteiger partial charge < -0.3 is 30.1 Å². The highest BCUT2D eigenvalue weighted by molar-refractivity contribution is 5.91. The fraction of sp³-hybridized carbons (Fsp3) is 0.595. The Kier molecular flexibility index (Phi) is 11.5. The molecule has 256 valence electrons. The second-order valence-corrected chi connectivity index (χ2v) is 13.5. The zero-order valence-corrected chi connectivity index (χ0v) is 27.7. The lowest BCUT2D eigenvalue weighted by molar-refractivity contribution is -0.143. The predicted octanol–water partition coefficient (Wildman–Crippen LogP) is 4.75. The van der Waals surface area contributed by atoms with E-state index < -0.39 is 12.2 Å². The number of rotatable bonds is 6. The Morgan fingerprint density at radius 2 is 1.51 bits per heavy atom. The lowest BCUT2D eigenvalue weighted by Crippen LogP contribution is -2.56. The summed E-state index contributed by atoms with van der Waals surface area (Å²) in [6.45, 7) is 13.0. The van der Waals surface area contributed by atoms with Crippen LogP contribution >= 0.6 is 0 Å². The third-order valence-corrected chi connectivity index (χ3v) is 10.7. The maximum atomic E-state index is 14.0. The molecule has 4 aliphatic rings. The van der Waals surface area contributed by atoms with Crippen molar-refractivity contribution in [1.29, 1.82) is 0 Å². The van der Waals surface area contributed by atoms with Crippen LogP contribution in [-0.4, -0.2) is 115 Å². The van der Waals surface area contributed by atoms with Crippen molar-refractivity contribution in [2.45, 2.75) is 84.9 Å². The molecule has 4 heterocycles. The first kappa shape index (κ1) is 34.7. The molecular formula is C37H54N6O4. The summed E-state index contributed by atoms with van der Waals surface area (Å²) >= 11 is 0. The van der Waals surface area contributed by atoms with Crippen molar-refractivity contribution in [1.82, 2.24) is 24.9 Å². The standard InChI is InChI=1S/C36H50N6O4.CH4/c1-25-22-28(23-26(2)27(25)3)24-33(34(43)40-20-18-39(19-21-40)30-8-13-37-14-9-30)46-36(45)41-15-11-31(12-16-41)42-17-10-29-6-4-5-7-32(29)38-35(42)44;/h4-7,22-23,30-31,33,37H,8-21,24H2,1-3H3,(H,38,44);1H4/t33-;/m1./s1. The Balaban J connectivity index is 0.00000433. The van der Waals surface area contributed by atoms with Gasteiger partial charge in [-0.15, -0.1) is 0 Å². The van der Waals surface area contributed by atoms with Gasteiger partial charge >= 0.3 is 12.1 Å². The topological polar surface area (TPSA) is 97.5 Å². The van der Waals surface area contributed by atoms with Gasteiger partial charge in [0.1, 0.15) is 0 Å². The van der Waals surface area contributed by atoms with Crippen LogP contribution in [-0.2, 0) is 22.4 Å². The van der Waals surface area contributed by atoms with E-state index in [4.69, 9.17) is 4.74 Å². The number of hydrogen-bond donors (Lipinski definition) is 2. The highest BCUT2D eigenvalue weighted by Gasteiger charge is 2.36. The highest BCUT2D eigenvalue weighted by atomic mass is 16.6. The van der Waals surface area contributed by atoms with Crippen molar-refractivity contribution in [2.75, 3.05) is 64.2 Å². The van der Waals surface area contributed by atoms with E-state index in [1.54, 1.807) is 4.90 Å². The Morgan fingerprint density at radius 3 is 2.19 bits per heavy atom. The summed E-state index contributed by atoms with van der Waals surface area (Å²) in [4.78, 5) is 48.7. The molecule has 4 amide bonds. The minimum atomic E-state index is -0.882. The fourth-order valence-electron chi connectivity index (χ4n) is 7.61. The zero-order chi connectivity index (χ0) is 32.2. The third kappa shape index (κ3) is 8.09. The van der Waals surface area contributed by atoms with Crippen LogP contribution in [0.4, 0.5) is 15.3 Å². The van der Waals surface area contributed by atoms with Crippen molar-refractivity contribution >= 4 is 23.7 Å². The number of carbonyl (C=O) groups is 3. The number of nitrogens with zero attached hydrogens (tertiary/aromatic N) is 4. The van der Waals surface area contributed by atoms with Gasteiger partial charge in [0.25, 0.3) is 5.91 Å². The van der Waals surface area contributed by atoms with Crippen molar-refractivity contribution in [3.63, 3.8) is 0 Å². The summed E-state index contributed by atoms with van der Waals surface area (Å²) in [5, 5.41) is 6.50. The molecule has 3 saturated heterocycles. The molecule has 2 N–H and O–H groups in total. The van der Waals surface area contributed by atoms with Crippen LogP contribution in [0.15, 0.2) is 36.4 Å². The van der Waals surface area contributed by atoms with Gasteiger partial charge in [-0.2, -0.15) is 0 Å². The molecule has 0 radical (unpaired) electrons. The van der Waals surface area contributed by atoms with E-state index in [0.29, 0.717) is 58.0 Å². The van der Waals surface area contributed by atoms with E-state index in [1.807, 2.05) is 28.0 Å². The van der Waals surface area contributed by atoms with Crippen molar-refractivity contribution in [3.05, 3.63) is 64.2 Å². The third-order valence-electron chi connectivity index (χ3n) is 10.7. The summed E-state index contributed by atoms with van der Waals surface area (Å²) in [6.07, 6.45) is 3.46. The normalized spacial score (nSPS) is 20.5. The monoisotopic (exact) mass is 646 g/mol. The number of aryl methyl sites for hydroxylation is 2. The summed E-state index contributed by atoms with van der Waals surface area (Å²) < 4.78 is 6.11. The average Bonchev–Trinajstić information content (AvgIpc) is 3.25. The number of hydrogen-bond acceptors (Lipinski definition) is 6. The number of para-hydroxylation sites is 1. The molecule has 0 spiro atoms. The molecule has 0 aliphatic carbocycles. The van der Waals surface area contributed by atoms with Gasteiger partial charge in [-0.25, -0.2) is 9.59 Å². The molecule has 0 aromatic heterocycles. The first-order chi connectivity index (χ1) is 22.3. The predicted molar refractivity (Wildman–Crippen MR) is 186 cm³/mol. The summed E-state index contributed by atoms with van der Waals surface area (Å²) in [5.74, 6) is -0.107. The lowest BCUT2D eigenvalue weighted by atomic mass is 9.97. The summed E-state index contributed by atoms with van der Waals surface area (Å²) in [7, 11) is 0. The molecule has 6 rings (SSSR count). The molecule has 0 bridgehead atoms. The molecule has 3 fully saturated rings. The van der Waals surface area contributed by atoms with Crippen LogP contribution in [0.1, 0.15) is 60.9 Å². The van der Waals surface area contributed by atoms with Crippen LogP contribution in [0, 0.1) is 20.8 Å². The molecule has 0 saturated carbocycles. The first-order valence-corrected chi connectivity index (χ1v) is 17.2. The van der Waals surface area contributed by atoms with E-state index in [9.17, 15) is 14.4 Å². The average molecular weight is 647 g/mol. The molecule has 4 aliphatic heterocycles. The van der Waals surface area contributed by atoms with Gasteiger partial charge in [0.2, 0.25) is 0 Å². The minimum Gasteiger partial charge on any atom is -0.436 e. The number of nitrogens with one attached hydrogen (secondary N) is 2. The molecule has 10 nitrogen and oxygen atoms in total. The fourth-order valence-corrected chi connectivity index (χ4v) is 7.61. The van der Waals surface area contributed by atoms with Gasteiger partial charge in [0, 0.05) is 70.0 Å². The molecule has 2 aromatic rings. The van der Waals surface area contributed by atoms with Crippen molar-refractivity contribution in [3.8, 4) is 0 Å². The van der Waals surface area contributed by atoms with Crippen LogP contribution in [0.25, 0.3) is 0 Å². The van der Waals surface area contributed by atoms with Crippen LogP contribution in [0.5, 0.6) is 0 Å². The Bertz CT molecular complexity index is 1390. The van der Waals surface area contributed by atoms with E-state index >= 15 is 0 Å². The number of likely N-dealkylation sites (tertiary alicyclic amines) is 1. The van der Waals surface area contributed by atoms with E-state index in [1.165, 1.54) is 16.7 Å². The van der Waals surface area contributed by atoms with Gasteiger partial charge in [-0.05, 0) is 99.8 Å². The van der Waals surface area contributed by atoms with Gasteiger partial charge in [0.15, 0.2) is 6.10 Å². The second kappa shape index (κ2) is 15.5. The number of anilines is 1. The van der Waals surface area contributed by atoms with E-state index in [0.717, 1.165) is 62.3 Å². The molecule has 10 heteroatoms. The largest absolute Gasteiger partial charge is 0.436 e. The second-order valence-electron chi connectivity index (χ2n) is 13.5. The van der Waals surface area contributed by atoms with Gasteiger partial charge in [-0.3, -0.25) is 9.69 Å². The van der Waals surface area contributed by atoms with E-state index in [-0.39, 0.29) is 25.4 Å². The molecule has 1 atom stereocenters. The number of urea groups is 1. The number of benzene rings is 2. The maximum Gasteiger partial charge on any atom is 0.410 e. The molecule has 47 heavy (non-hydrogen) atoms. The van der Waals surface area contributed by atoms with Crippen molar-refractivity contribution in [2.24, 2.45) is 0 Å². The molecule has 0 unspecified atom stereocenters.